The first-order valence-electron chi connectivity index (χ1n) is 4.93. The van der Waals surface area contributed by atoms with Crippen LogP contribution >= 0.6 is 15.9 Å². The second-order valence-electron chi connectivity index (χ2n) is 4.09. The molecule has 0 amide bonds. The van der Waals surface area contributed by atoms with Gasteiger partial charge in [0.25, 0.3) is 0 Å². The predicted octanol–water partition coefficient (Wildman–Crippen LogP) is 0.896. The number of piperidine rings is 1. The molecule has 1 saturated heterocycles. The Morgan fingerprint density at radius 3 is 2.80 bits per heavy atom. The fourth-order valence-electron chi connectivity index (χ4n) is 2.00. The quantitative estimate of drug-likeness (QED) is 0.838. The van der Waals surface area contributed by atoms with Crippen molar-refractivity contribution in [3.8, 4) is 0 Å². The van der Waals surface area contributed by atoms with Gasteiger partial charge in [0, 0.05) is 17.6 Å². The molecule has 1 aliphatic rings. The highest BCUT2D eigenvalue weighted by molar-refractivity contribution is 9.11. The zero-order valence-corrected chi connectivity index (χ0v) is 11.1. The number of nitrogens with two attached hydrogens (primary N) is 1. The van der Waals surface area contributed by atoms with E-state index in [0.29, 0.717) is 0 Å². The third kappa shape index (κ3) is 5.65. The Morgan fingerprint density at radius 2 is 2.27 bits per heavy atom. The zero-order valence-electron chi connectivity index (χ0n) is 8.65. The highest BCUT2D eigenvalue weighted by Gasteiger charge is 2.23. The number of primary sulfonamides is 1. The molecule has 1 unspecified atom stereocenters. The topological polar surface area (TPSA) is 63.4 Å². The number of hydrogen-bond donors (Lipinski definition) is 1. The van der Waals surface area contributed by atoms with Gasteiger partial charge in [-0.3, -0.25) is 4.90 Å². The summed E-state index contributed by atoms with van der Waals surface area (Å²) in [4.78, 5) is 2.20. The maximum Gasteiger partial charge on any atom is 0.209 e. The number of rotatable bonds is 4. The summed E-state index contributed by atoms with van der Waals surface area (Å²) >= 11 is 3.31. The van der Waals surface area contributed by atoms with Crippen LogP contribution in [0.5, 0.6) is 0 Å². The van der Waals surface area contributed by atoms with Gasteiger partial charge in [-0.05, 0) is 25.3 Å². The molecule has 0 aliphatic carbocycles. The van der Waals surface area contributed by atoms with Crippen LogP contribution in [0.1, 0.15) is 12.8 Å². The van der Waals surface area contributed by atoms with Gasteiger partial charge < -0.3 is 0 Å². The summed E-state index contributed by atoms with van der Waals surface area (Å²) in [7, 11) is -3.34. The van der Waals surface area contributed by atoms with Gasteiger partial charge in [0.05, 0.1) is 5.75 Å². The van der Waals surface area contributed by atoms with Gasteiger partial charge in [-0.2, -0.15) is 0 Å². The van der Waals surface area contributed by atoms with Crippen molar-refractivity contribution in [3.63, 3.8) is 0 Å². The van der Waals surface area contributed by atoms with Crippen LogP contribution in [0.4, 0.5) is 0 Å². The molecule has 1 atom stereocenters. The Kier molecular flexibility index (Phi) is 4.76. The highest BCUT2D eigenvalue weighted by Crippen LogP contribution is 2.19. The van der Waals surface area contributed by atoms with E-state index in [-0.39, 0.29) is 11.7 Å². The molecule has 0 saturated carbocycles. The number of halogens is 1. The van der Waals surface area contributed by atoms with Crippen LogP contribution in [0.25, 0.3) is 0 Å². The summed E-state index contributed by atoms with van der Waals surface area (Å²) in [5, 5.41) is 5.04. The lowest BCUT2D eigenvalue weighted by atomic mass is 10.0. The lowest BCUT2D eigenvalue weighted by Crippen LogP contribution is -2.39. The average Bonchev–Trinajstić information content (AvgIpc) is 1.99. The van der Waals surface area contributed by atoms with Crippen molar-refractivity contribution in [3.05, 3.63) is 11.1 Å². The van der Waals surface area contributed by atoms with Crippen molar-refractivity contribution in [2.75, 3.05) is 25.4 Å². The smallest absolute Gasteiger partial charge is 0.209 e. The maximum absolute atomic E-state index is 11.0. The first-order valence-corrected chi connectivity index (χ1v) is 7.44. The minimum atomic E-state index is -3.34. The van der Waals surface area contributed by atoms with Crippen molar-refractivity contribution >= 4 is 26.0 Å². The van der Waals surface area contributed by atoms with Gasteiger partial charge in [0.2, 0.25) is 10.0 Å². The van der Waals surface area contributed by atoms with E-state index >= 15 is 0 Å². The Morgan fingerprint density at radius 1 is 1.60 bits per heavy atom. The van der Waals surface area contributed by atoms with E-state index in [2.05, 4.69) is 27.4 Å². The molecule has 88 valence electrons. The molecule has 0 aromatic rings. The fraction of sp³-hybridized carbons (Fsp3) is 0.778. The Hall–Kier alpha value is 0.0900. The van der Waals surface area contributed by atoms with Crippen LogP contribution in [-0.2, 0) is 10.0 Å². The van der Waals surface area contributed by atoms with Crippen LogP contribution in [0.15, 0.2) is 11.1 Å². The van der Waals surface area contributed by atoms with E-state index in [1.165, 1.54) is 0 Å². The molecule has 4 nitrogen and oxygen atoms in total. The van der Waals surface area contributed by atoms with Gasteiger partial charge in [-0.1, -0.05) is 22.5 Å². The van der Waals surface area contributed by atoms with Gasteiger partial charge in [0.15, 0.2) is 0 Å². The number of nitrogens with zero attached hydrogens (tertiary/aromatic N) is 1. The molecule has 6 heteroatoms. The Labute approximate surface area is 99.7 Å². The molecule has 0 spiro atoms. The largest absolute Gasteiger partial charge is 0.298 e. The van der Waals surface area contributed by atoms with E-state index in [4.69, 9.17) is 5.14 Å². The van der Waals surface area contributed by atoms with Crippen LogP contribution in [0.2, 0.25) is 0 Å². The summed E-state index contributed by atoms with van der Waals surface area (Å²) in [6.07, 6.45) is 1.97. The Bertz CT molecular complexity index is 329. The monoisotopic (exact) mass is 296 g/mol. The molecule has 15 heavy (non-hydrogen) atoms. The summed E-state index contributed by atoms with van der Waals surface area (Å²) in [5.41, 5.74) is 0. The molecule has 0 aromatic heterocycles. The molecule has 1 fully saturated rings. The second kappa shape index (κ2) is 5.43. The van der Waals surface area contributed by atoms with Gasteiger partial charge >= 0.3 is 0 Å². The summed E-state index contributed by atoms with van der Waals surface area (Å²) in [6, 6.07) is 0. The van der Waals surface area contributed by atoms with Crippen molar-refractivity contribution < 1.29 is 8.42 Å². The van der Waals surface area contributed by atoms with Crippen LogP contribution in [0, 0.1) is 5.92 Å². The lowest BCUT2D eigenvalue weighted by Gasteiger charge is -2.31. The second-order valence-corrected chi connectivity index (χ2v) is 6.87. The molecule has 2 N–H and O–H groups in total. The van der Waals surface area contributed by atoms with E-state index in [0.717, 1.165) is 37.0 Å². The third-order valence-corrected chi connectivity index (χ3v) is 3.65. The highest BCUT2D eigenvalue weighted by atomic mass is 79.9. The average molecular weight is 297 g/mol. The van der Waals surface area contributed by atoms with E-state index in [1.807, 2.05) is 0 Å². The lowest BCUT2D eigenvalue weighted by molar-refractivity contribution is 0.202. The Balaban J connectivity index is 2.45. The van der Waals surface area contributed by atoms with Crippen molar-refractivity contribution in [2.24, 2.45) is 11.1 Å². The van der Waals surface area contributed by atoms with Crippen LogP contribution in [0.3, 0.4) is 0 Å². The van der Waals surface area contributed by atoms with Crippen LogP contribution in [-0.4, -0.2) is 38.7 Å². The molecule has 1 rings (SSSR count). The maximum atomic E-state index is 11.0. The van der Waals surface area contributed by atoms with E-state index in [1.54, 1.807) is 0 Å². The minimum Gasteiger partial charge on any atom is -0.298 e. The van der Waals surface area contributed by atoms with Crippen molar-refractivity contribution in [2.45, 2.75) is 12.8 Å². The molecule has 0 aromatic carbocycles. The molecular weight excluding hydrogens is 280 g/mol. The normalized spacial score (nSPS) is 24.0. The molecule has 1 aliphatic heterocycles. The van der Waals surface area contributed by atoms with Crippen molar-refractivity contribution in [1.29, 1.82) is 0 Å². The number of hydrogen-bond acceptors (Lipinski definition) is 3. The summed E-state index contributed by atoms with van der Waals surface area (Å²) < 4.78 is 22.9. The molecule has 0 bridgehead atoms. The minimum absolute atomic E-state index is 0.0955. The van der Waals surface area contributed by atoms with Gasteiger partial charge in [0.1, 0.15) is 0 Å². The molecule has 1 heterocycles. The number of likely N-dealkylation sites (tertiary alicyclic amines) is 1. The summed E-state index contributed by atoms with van der Waals surface area (Å²) in [6.45, 7) is 6.36. The van der Waals surface area contributed by atoms with E-state index < -0.39 is 10.0 Å². The summed E-state index contributed by atoms with van der Waals surface area (Å²) in [5.74, 6) is 0.263. The first-order chi connectivity index (χ1) is 6.87. The van der Waals surface area contributed by atoms with Crippen molar-refractivity contribution in [1.82, 2.24) is 4.90 Å². The molecule has 0 radical (unpaired) electrons. The van der Waals surface area contributed by atoms with Crippen LogP contribution < -0.4 is 5.14 Å². The zero-order chi connectivity index (χ0) is 11.5. The predicted molar refractivity (Wildman–Crippen MR) is 65.2 cm³/mol. The number of sulfonamides is 1. The fourth-order valence-corrected chi connectivity index (χ4v) is 3.29. The van der Waals surface area contributed by atoms with Gasteiger partial charge in [-0.25, -0.2) is 13.6 Å². The SMILES string of the molecule is C=C(Br)CN1CCCC(CS(N)(=O)=O)C1. The van der Waals surface area contributed by atoms with E-state index in [9.17, 15) is 8.42 Å². The molecular formula is C9H17BrN2O2S. The standard InChI is InChI=1S/C9H17BrN2O2S/c1-8(10)5-12-4-2-3-9(6-12)7-15(11,13)14/h9H,1-7H2,(H2,11,13,14). The van der Waals surface area contributed by atoms with Gasteiger partial charge in [-0.15, -0.1) is 0 Å². The first kappa shape index (κ1) is 13.2. The third-order valence-electron chi connectivity index (χ3n) is 2.47.